The van der Waals surface area contributed by atoms with Gasteiger partial charge in [0.1, 0.15) is 11.9 Å². The smallest absolute Gasteiger partial charge is 0.166 e. The monoisotopic (exact) mass is 267 g/mol. The summed E-state index contributed by atoms with van der Waals surface area (Å²) in [6.07, 6.45) is 2.60. The van der Waals surface area contributed by atoms with Crippen molar-refractivity contribution in [2.75, 3.05) is 0 Å². The summed E-state index contributed by atoms with van der Waals surface area (Å²) in [5.74, 6) is 0.856. The van der Waals surface area contributed by atoms with Gasteiger partial charge in [-0.25, -0.2) is 4.98 Å². The maximum atomic E-state index is 9.11. The Labute approximate surface area is 115 Å². The van der Waals surface area contributed by atoms with Crippen LogP contribution < -0.4 is 0 Å². The lowest BCUT2D eigenvalue weighted by molar-refractivity contribution is 0.960. The van der Waals surface area contributed by atoms with Crippen molar-refractivity contribution in [2.24, 2.45) is 0 Å². The van der Waals surface area contributed by atoms with Crippen molar-refractivity contribution in [1.82, 2.24) is 9.38 Å². The lowest BCUT2D eigenvalue weighted by atomic mass is 10.1. The highest BCUT2D eigenvalue weighted by Crippen LogP contribution is 2.17. The van der Waals surface area contributed by atoms with Gasteiger partial charge in [0.25, 0.3) is 0 Å². The van der Waals surface area contributed by atoms with Gasteiger partial charge in [0.2, 0.25) is 0 Å². The summed E-state index contributed by atoms with van der Waals surface area (Å²) < 4.78 is 1.95. The van der Waals surface area contributed by atoms with Gasteiger partial charge in [-0.15, -0.1) is 0 Å². The van der Waals surface area contributed by atoms with Crippen LogP contribution in [0.1, 0.15) is 17.1 Å². The molecular formula is C15H10ClN3. The van der Waals surface area contributed by atoms with E-state index in [0.717, 1.165) is 21.9 Å². The van der Waals surface area contributed by atoms with Gasteiger partial charge in [-0.3, -0.25) is 0 Å². The van der Waals surface area contributed by atoms with E-state index in [1.807, 2.05) is 53.1 Å². The topological polar surface area (TPSA) is 41.1 Å². The van der Waals surface area contributed by atoms with E-state index in [9.17, 15) is 0 Å². The Hall–Kier alpha value is -2.31. The first-order valence-corrected chi connectivity index (χ1v) is 6.26. The van der Waals surface area contributed by atoms with Crippen LogP contribution >= 0.6 is 11.6 Å². The molecule has 4 heteroatoms. The van der Waals surface area contributed by atoms with Gasteiger partial charge in [-0.1, -0.05) is 29.8 Å². The summed E-state index contributed by atoms with van der Waals surface area (Å²) >= 11 is 5.87. The van der Waals surface area contributed by atoms with Gasteiger partial charge >= 0.3 is 0 Å². The molecule has 0 aliphatic heterocycles. The van der Waals surface area contributed by atoms with Gasteiger partial charge in [-0.05, 0) is 29.8 Å². The molecule has 2 heterocycles. The summed E-state index contributed by atoms with van der Waals surface area (Å²) in [7, 11) is 0. The van der Waals surface area contributed by atoms with Crippen molar-refractivity contribution in [3.63, 3.8) is 0 Å². The standard InChI is InChI=1S/C15H10ClN3/c16-12-6-4-11(5-7-12)9-15-18-13(10-17)14-3-1-2-8-19(14)15/h1-8H,9H2. The van der Waals surface area contributed by atoms with E-state index in [4.69, 9.17) is 16.9 Å². The first-order chi connectivity index (χ1) is 9.28. The molecule has 0 aliphatic carbocycles. The van der Waals surface area contributed by atoms with Crippen LogP contribution in [0.25, 0.3) is 5.52 Å². The van der Waals surface area contributed by atoms with Crippen LogP contribution in [0, 0.1) is 11.3 Å². The Bertz CT molecular complexity index is 766. The van der Waals surface area contributed by atoms with Crippen molar-refractivity contribution >= 4 is 17.1 Å². The molecule has 0 aliphatic rings. The summed E-state index contributed by atoms with van der Waals surface area (Å²) in [6, 6.07) is 15.5. The second-order valence-electron chi connectivity index (χ2n) is 4.25. The quantitative estimate of drug-likeness (QED) is 0.714. The summed E-state index contributed by atoms with van der Waals surface area (Å²) in [5, 5.41) is 9.83. The molecule has 0 spiro atoms. The SMILES string of the molecule is N#Cc1nc(Cc2ccc(Cl)cc2)n2ccccc12. The van der Waals surface area contributed by atoms with Gasteiger partial charge < -0.3 is 4.40 Å². The highest BCUT2D eigenvalue weighted by molar-refractivity contribution is 6.30. The molecule has 0 unspecified atom stereocenters. The van der Waals surface area contributed by atoms with Gasteiger partial charge in [0.05, 0.1) is 5.52 Å². The fourth-order valence-corrected chi connectivity index (χ4v) is 2.22. The molecule has 0 saturated carbocycles. The molecule has 0 bridgehead atoms. The largest absolute Gasteiger partial charge is 0.302 e. The summed E-state index contributed by atoms with van der Waals surface area (Å²) in [6.45, 7) is 0. The lowest BCUT2D eigenvalue weighted by Crippen LogP contribution is -1.95. The van der Waals surface area contributed by atoms with Crippen LogP contribution in [0.2, 0.25) is 5.02 Å². The molecule has 1 aromatic carbocycles. The molecule has 0 fully saturated rings. The van der Waals surface area contributed by atoms with Crippen molar-refractivity contribution in [3.05, 3.63) is 70.8 Å². The Balaban J connectivity index is 2.06. The number of nitrogens with zero attached hydrogens (tertiary/aromatic N) is 3. The Morgan fingerprint density at radius 2 is 1.95 bits per heavy atom. The van der Waals surface area contributed by atoms with Crippen molar-refractivity contribution in [2.45, 2.75) is 6.42 Å². The molecule has 0 saturated heterocycles. The number of fused-ring (bicyclic) bond motifs is 1. The number of pyridine rings is 1. The van der Waals surface area contributed by atoms with Gasteiger partial charge in [0.15, 0.2) is 5.69 Å². The zero-order valence-electron chi connectivity index (χ0n) is 10.0. The van der Waals surface area contributed by atoms with E-state index in [1.165, 1.54) is 0 Å². The third kappa shape index (κ3) is 2.18. The summed E-state index contributed by atoms with van der Waals surface area (Å²) in [4.78, 5) is 4.39. The fraction of sp³-hybridized carbons (Fsp3) is 0.0667. The second kappa shape index (κ2) is 4.75. The van der Waals surface area contributed by atoms with Crippen LogP contribution in [0.5, 0.6) is 0 Å². The number of nitriles is 1. The van der Waals surface area contributed by atoms with Gasteiger partial charge in [-0.2, -0.15) is 5.26 Å². The molecule has 0 radical (unpaired) electrons. The Morgan fingerprint density at radius 3 is 2.68 bits per heavy atom. The van der Waals surface area contributed by atoms with E-state index in [2.05, 4.69) is 11.1 Å². The van der Waals surface area contributed by atoms with Crippen molar-refractivity contribution < 1.29 is 0 Å². The van der Waals surface area contributed by atoms with Gasteiger partial charge in [0, 0.05) is 17.6 Å². The van der Waals surface area contributed by atoms with E-state index in [-0.39, 0.29) is 0 Å². The van der Waals surface area contributed by atoms with E-state index >= 15 is 0 Å². The van der Waals surface area contributed by atoms with Crippen molar-refractivity contribution in [1.29, 1.82) is 5.26 Å². The molecule has 2 aromatic heterocycles. The number of halogens is 1. The third-order valence-electron chi connectivity index (χ3n) is 3.00. The van der Waals surface area contributed by atoms with Crippen LogP contribution in [-0.2, 0) is 6.42 Å². The highest BCUT2D eigenvalue weighted by atomic mass is 35.5. The molecule has 0 atom stereocenters. The Morgan fingerprint density at radius 1 is 1.16 bits per heavy atom. The van der Waals surface area contributed by atoms with E-state index < -0.39 is 0 Å². The highest BCUT2D eigenvalue weighted by Gasteiger charge is 2.10. The molecule has 3 nitrogen and oxygen atoms in total. The molecule has 3 aromatic rings. The average molecular weight is 268 g/mol. The van der Waals surface area contributed by atoms with E-state index in [0.29, 0.717) is 12.1 Å². The van der Waals surface area contributed by atoms with Crippen LogP contribution in [0.3, 0.4) is 0 Å². The van der Waals surface area contributed by atoms with E-state index in [1.54, 1.807) is 0 Å². The number of rotatable bonds is 2. The molecular weight excluding hydrogens is 258 g/mol. The lowest BCUT2D eigenvalue weighted by Gasteiger charge is -2.01. The van der Waals surface area contributed by atoms with Crippen LogP contribution in [0.15, 0.2) is 48.7 Å². The molecule has 3 rings (SSSR count). The van der Waals surface area contributed by atoms with Crippen molar-refractivity contribution in [3.8, 4) is 6.07 Å². The second-order valence-corrected chi connectivity index (χ2v) is 4.68. The molecule has 19 heavy (non-hydrogen) atoms. The summed E-state index contributed by atoms with van der Waals surface area (Å²) in [5.41, 5.74) is 2.42. The molecule has 92 valence electrons. The minimum absolute atomic E-state index is 0.463. The zero-order chi connectivity index (χ0) is 13.2. The zero-order valence-corrected chi connectivity index (χ0v) is 10.8. The minimum Gasteiger partial charge on any atom is -0.302 e. The first kappa shape index (κ1) is 11.8. The van der Waals surface area contributed by atoms with Crippen LogP contribution in [0.4, 0.5) is 0 Å². The maximum absolute atomic E-state index is 9.11. The predicted octanol–water partition coefficient (Wildman–Crippen LogP) is 3.45. The minimum atomic E-state index is 0.463. The number of imidazole rings is 1. The van der Waals surface area contributed by atoms with Crippen LogP contribution in [-0.4, -0.2) is 9.38 Å². The first-order valence-electron chi connectivity index (χ1n) is 5.88. The average Bonchev–Trinajstić information content (AvgIpc) is 2.80. The number of hydrogen-bond donors (Lipinski definition) is 0. The predicted molar refractivity (Wildman–Crippen MR) is 74.2 cm³/mol. The third-order valence-corrected chi connectivity index (χ3v) is 3.25. The molecule has 0 amide bonds. The molecule has 0 N–H and O–H groups in total. The maximum Gasteiger partial charge on any atom is 0.166 e. The normalized spacial score (nSPS) is 10.5. The Kier molecular flexibility index (Phi) is 2.94. The number of hydrogen-bond acceptors (Lipinski definition) is 2. The number of benzene rings is 1. The number of aromatic nitrogens is 2. The fourth-order valence-electron chi connectivity index (χ4n) is 2.09.